The minimum atomic E-state index is -0.0683. The molecule has 35 heavy (non-hydrogen) atoms. The lowest BCUT2D eigenvalue weighted by atomic mass is 10.0. The molecule has 1 saturated carbocycles. The summed E-state index contributed by atoms with van der Waals surface area (Å²) in [7, 11) is 0. The monoisotopic (exact) mass is 492 g/mol. The molecule has 10 heteroatoms. The Hall–Kier alpha value is -3.56. The Morgan fingerprint density at radius 1 is 1.09 bits per heavy atom. The van der Waals surface area contributed by atoms with Crippen molar-refractivity contribution in [3.05, 3.63) is 59.5 Å². The second-order valence-electron chi connectivity index (χ2n) is 8.70. The zero-order valence-electron chi connectivity index (χ0n) is 19.0. The Bertz CT molecular complexity index is 1360. The molecule has 2 aliphatic rings. The van der Waals surface area contributed by atoms with E-state index in [1.807, 2.05) is 24.3 Å². The smallest absolute Gasteiger partial charge is 0.300 e. The van der Waals surface area contributed by atoms with Gasteiger partial charge in [0.25, 0.3) is 6.01 Å². The van der Waals surface area contributed by atoms with Crippen LogP contribution >= 0.6 is 12.4 Å². The third kappa shape index (κ3) is 4.82. The number of nitrogen functional groups attached to an aromatic ring is 1. The van der Waals surface area contributed by atoms with Gasteiger partial charge >= 0.3 is 0 Å². The maximum Gasteiger partial charge on any atom is 0.300 e. The van der Waals surface area contributed by atoms with Gasteiger partial charge in [-0.3, -0.25) is 4.79 Å². The van der Waals surface area contributed by atoms with E-state index in [9.17, 15) is 4.79 Å². The zero-order chi connectivity index (χ0) is 23.1. The molecule has 0 unspecified atom stereocenters. The van der Waals surface area contributed by atoms with Crippen molar-refractivity contribution >= 4 is 41.3 Å². The average Bonchev–Trinajstić information content (AvgIpc) is 3.63. The fraction of sp³-hybridized carbons (Fsp3) is 0.320. The molecule has 0 bridgehead atoms. The van der Waals surface area contributed by atoms with Crippen LogP contribution in [0, 0.1) is 0 Å². The molecule has 1 aliphatic carbocycles. The highest BCUT2D eigenvalue weighted by Gasteiger charge is 2.30. The lowest BCUT2D eigenvalue weighted by Crippen LogP contribution is -2.36. The molecule has 2 N–H and O–H groups in total. The van der Waals surface area contributed by atoms with Crippen molar-refractivity contribution in [3.8, 4) is 11.3 Å². The van der Waals surface area contributed by atoms with Gasteiger partial charge in [-0.25, -0.2) is 15.0 Å². The van der Waals surface area contributed by atoms with Crippen LogP contribution in [0.25, 0.3) is 22.5 Å². The lowest BCUT2D eigenvalue weighted by molar-refractivity contribution is 0.0988. The number of halogens is 1. The maximum atomic E-state index is 13.2. The van der Waals surface area contributed by atoms with Crippen molar-refractivity contribution < 1.29 is 13.9 Å². The number of aromatic nitrogens is 4. The second kappa shape index (κ2) is 9.59. The first kappa shape index (κ1) is 23.2. The van der Waals surface area contributed by atoms with E-state index >= 15 is 0 Å². The summed E-state index contributed by atoms with van der Waals surface area (Å²) in [6.07, 6.45) is 4.02. The molecule has 4 aromatic rings. The van der Waals surface area contributed by atoms with Gasteiger partial charge in [0.05, 0.1) is 18.9 Å². The van der Waals surface area contributed by atoms with Gasteiger partial charge in [0.1, 0.15) is 11.5 Å². The molecule has 0 spiro atoms. The van der Waals surface area contributed by atoms with Crippen LogP contribution in [-0.4, -0.2) is 52.0 Å². The first-order valence-corrected chi connectivity index (χ1v) is 11.5. The quantitative estimate of drug-likeness (QED) is 0.400. The molecule has 2 fully saturated rings. The normalized spacial score (nSPS) is 15.7. The summed E-state index contributed by atoms with van der Waals surface area (Å²) in [5.74, 6) is 0.743. The minimum Gasteiger partial charge on any atom is -0.422 e. The van der Waals surface area contributed by atoms with E-state index < -0.39 is 0 Å². The van der Waals surface area contributed by atoms with Gasteiger partial charge in [-0.1, -0.05) is 6.07 Å². The number of Topliss-reactive ketones (excluding diaryl/α,β-unsaturated/α-hetero) is 1. The second-order valence-corrected chi connectivity index (χ2v) is 8.70. The predicted octanol–water partition coefficient (Wildman–Crippen LogP) is 3.82. The van der Waals surface area contributed by atoms with Crippen molar-refractivity contribution in [1.29, 1.82) is 0 Å². The average molecular weight is 493 g/mol. The van der Waals surface area contributed by atoms with E-state index in [2.05, 4.69) is 19.9 Å². The topological polar surface area (TPSA) is 120 Å². The Kier molecular flexibility index (Phi) is 6.36. The molecule has 0 atom stereocenters. The number of carbonyl (C=O) groups is 1. The van der Waals surface area contributed by atoms with Gasteiger partial charge in [-0.2, -0.15) is 4.98 Å². The molecular weight excluding hydrogens is 468 g/mol. The highest BCUT2D eigenvalue weighted by molar-refractivity contribution is 5.96. The van der Waals surface area contributed by atoms with E-state index in [1.54, 1.807) is 18.3 Å². The number of rotatable bonds is 6. The molecule has 1 saturated heterocycles. The molecule has 4 aromatic heterocycles. The van der Waals surface area contributed by atoms with Crippen molar-refractivity contribution in [2.75, 3.05) is 36.9 Å². The van der Waals surface area contributed by atoms with Gasteiger partial charge in [0.15, 0.2) is 11.4 Å². The number of carbonyl (C=O) groups excluding carboxylic acids is 1. The van der Waals surface area contributed by atoms with Crippen LogP contribution in [0.3, 0.4) is 0 Å². The van der Waals surface area contributed by atoms with Crippen LogP contribution in [0.2, 0.25) is 0 Å². The first-order valence-electron chi connectivity index (χ1n) is 11.5. The molecule has 9 nitrogen and oxygen atoms in total. The van der Waals surface area contributed by atoms with Crippen molar-refractivity contribution in [2.24, 2.45) is 0 Å². The molecular formula is C25H25ClN6O3. The van der Waals surface area contributed by atoms with Crippen LogP contribution in [0.4, 0.5) is 11.8 Å². The number of nitrogens with two attached hydrogens (primary N) is 1. The van der Waals surface area contributed by atoms with Crippen LogP contribution < -0.4 is 10.6 Å². The number of oxazole rings is 1. The molecule has 0 amide bonds. The summed E-state index contributed by atoms with van der Waals surface area (Å²) in [6.45, 7) is 2.77. The zero-order valence-corrected chi connectivity index (χ0v) is 19.8. The Labute approximate surface area is 208 Å². The van der Waals surface area contributed by atoms with Crippen LogP contribution in [0.5, 0.6) is 0 Å². The fourth-order valence-electron chi connectivity index (χ4n) is 4.22. The number of pyridine rings is 3. The standard InChI is InChI=1S/C25H24N6O3.ClH/c26-22-7-6-16(14-27-22)18-2-1-3-19(28-18)20(32)12-17-13-21-24(29-23(17)15-4-5-15)30-25(34-21)31-8-10-33-11-9-31;/h1-3,6-7,13-15H,4-5,8-12H2,(H2,26,27);1H. The number of anilines is 2. The molecule has 0 radical (unpaired) electrons. The molecule has 1 aliphatic heterocycles. The van der Waals surface area contributed by atoms with Gasteiger partial charge in [0, 0.05) is 42.9 Å². The Balaban J connectivity index is 0.00000253. The van der Waals surface area contributed by atoms with E-state index in [0.717, 1.165) is 42.8 Å². The fourth-order valence-corrected chi connectivity index (χ4v) is 4.22. The van der Waals surface area contributed by atoms with Gasteiger partial charge in [-0.15, -0.1) is 12.4 Å². The minimum absolute atomic E-state index is 0. The van der Waals surface area contributed by atoms with E-state index in [1.165, 1.54) is 0 Å². The molecule has 5 heterocycles. The third-order valence-corrected chi connectivity index (χ3v) is 6.20. The molecule has 180 valence electrons. The molecule has 6 rings (SSSR count). The number of nitrogens with zero attached hydrogens (tertiary/aromatic N) is 5. The summed E-state index contributed by atoms with van der Waals surface area (Å²) >= 11 is 0. The van der Waals surface area contributed by atoms with Crippen molar-refractivity contribution in [2.45, 2.75) is 25.2 Å². The highest BCUT2D eigenvalue weighted by Crippen LogP contribution is 2.42. The summed E-state index contributed by atoms with van der Waals surface area (Å²) in [5.41, 5.74) is 10.6. The Morgan fingerprint density at radius 3 is 2.66 bits per heavy atom. The van der Waals surface area contributed by atoms with E-state index in [0.29, 0.717) is 53.6 Å². The van der Waals surface area contributed by atoms with E-state index in [4.69, 9.17) is 19.9 Å². The largest absolute Gasteiger partial charge is 0.422 e. The summed E-state index contributed by atoms with van der Waals surface area (Å²) < 4.78 is 11.5. The first-order chi connectivity index (χ1) is 16.6. The summed E-state index contributed by atoms with van der Waals surface area (Å²) in [4.78, 5) is 33.4. The number of morpholine rings is 1. The van der Waals surface area contributed by atoms with E-state index in [-0.39, 0.29) is 24.6 Å². The number of hydrogen-bond donors (Lipinski definition) is 1. The van der Waals surface area contributed by atoms with Crippen molar-refractivity contribution in [3.63, 3.8) is 0 Å². The Morgan fingerprint density at radius 2 is 1.91 bits per heavy atom. The highest BCUT2D eigenvalue weighted by atomic mass is 35.5. The number of fused-ring (bicyclic) bond motifs is 1. The SMILES string of the molecule is Cl.Nc1ccc(-c2cccc(C(=O)Cc3cc4oc(N5CCOCC5)nc4nc3C3CC3)n2)cn1. The lowest BCUT2D eigenvalue weighted by Gasteiger charge is -2.24. The van der Waals surface area contributed by atoms with Gasteiger partial charge < -0.3 is 19.8 Å². The van der Waals surface area contributed by atoms with Crippen LogP contribution in [-0.2, 0) is 11.2 Å². The summed E-state index contributed by atoms with van der Waals surface area (Å²) in [5, 5.41) is 0. The predicted molar refractivity (Wildman–Crippen MR) is 134 cm³/mol. The number of hydrogen-bond acceptors (Lipinski definition) is 9. The van der Waals surface area contributed by atoms with Crippen molar-refractivity contribution in [1.82, 2.24) is 19.9 Å². The van der Waals surface area contributed by atoms with Gasteiger partial charge in [0.2, 0.25) is 5.65 Å². The van der Waals surface area contributed by atoms with Crippen LogP contribution in [0.1, 0.15) is 40.5 Å². The maximum absolute atomic E-state index is 13.2. The third-order valence-electron chi connectivity index (χ3n) is 6.20. The number of ketones is 1. The molecule has 0 aromatic carbocycles. The van der Waals surface area contributed by atoms with Gasteiger partial charge in [-0.05, 0) is 48.7 Å². The van der Waals surface area contributed by atoms with Crippen LogP contribution in [0.15, 0.2) is 47.0 Å². The summed E-state index contributed by atoms with van der Waals surface area (Å²) in [6, 6.07) is 11.5. The number of ether oxygens (including phenoxy) is 1.